The monoisotopic (exact) mass is 196 g/mol. The first-order chi connectivity index (χ1) is 6.86. The quantitative estimate of drug-likeness (QED) is 0.725. The summed E-state index contributed by atoms with van der Waals surface area (Å²) in [6.45, 7) is 1.81. The van der Waals surface area contributed by atoms with E-state index in [0.29, 0.717) is 0 Å². The van der Waals surface area contributed by atoms with Crippen molar-refractivity contribution in [1.82, 2.24) is 10.3 Å². The predicted octanol–water partition coefficient (Wildman–Crippen LogP) is 1.35. The van der Waals surface area contributed by atoms with E-state index in [2.05, 4.69) is 10.3 Å². The molecule has 0 aliphatic carbocycles. The molecular formula is C10H13FN2O. The van der Waals surface area contributed by atoms with Crippen LogP contribution < -0.4 is 10.1 Å². The van der Waals surface area contributed by atoms with Crippen LogP contribution in [0.1, 0.15) is 12.8 Å². The molecule has 14 heavy (non-hydrogen) atoms. The van der Waals surface area contributed by atoms with Crippen molar-refractivity contribution in [2.75, 3.05) is 13.1 Å². The molecular weight excluding hydrogens is 183 g/mol. The minimum atomic E-state index is -0.530. The van der Waals surface area contributed by atoms with Crippen LogP contribution in [-0.2, 0) is 0 Å². The minimum absolute atomic E-state index is 0.0717. The molecule has 0 radical (unpaired) electrons. The van der Waals surface area contributed by atoms with Crippen LogP contribution in [0.5, 0.6) is 5.75 Å². The molecule has 1 aromatic rings. The third-order valence-electron chi connectivity index (χ3n) is 2.27. The number of hydrogen-bond acceptors (Lipinski definition) is 3. The maximum atomic E-state index is 13.1. The number of rotatable bonds is 2. The first kappa shape index (κ1) is 9.40. The highest BCUT2D eigenvalue weighted by atomic mass is 19.1. The van der Waals surface area contributed by atoms with Gasteiger partial charge in [0.1, 0.15) is 6.10 Å². The molecule has 76 valence electrons. The molecule has 2 heterocycles. The van der Waals surface area contributed by atoms with Gasteiger partial charge in [0.2, 0.25) is 0 Å². The van der Waals surface area contributed by atoms with Gasteiger partial charge in [-0.25, -0.2) is 4.98 Å². The molecule has 1 aliphatic heterocycles. The smallest absolute Gasteiger partial charge is 0.255 e. The van der Waals surface area contributed by atoms with Gasteiger partial charge in [0.15, 0.2) is 5.75 Å². The lowest BCUT2D eigenvalue weighted by molar-refractivity contribution is 0.159. The van der Waals surface area contributed by atoms with Crippen LogP contribution in [-0.4, -0.2) is 24.2 Å². The number of pyridine rings is 1. The minimum Gasteiger partial charge on any atom is -0.484 e. The van der Waals surface area contributed by atoms with Crippen LogP contribution in [0.4, 0.5) is 4.39 Å². The summed E-state index contributed by atoms with van der Waals surface area (Å²) in [4.78, 5) is 3.53. The number of nitrogens with one attached hydrogen (secondary N) is 1. The van der Waals surface area contributed by atoms with Gasteiger partial charge in [-0.05, 0) is 31.5 Å². The SMILES string of the molecule is Fc1ncccc1OC1CCCNC1. The van der Waals surface area contributed by atoms with Crippen LogP contribution in [0.25, 0.3) is 0 Å². The molecule has 1 unspecified atom stereocenters. The molecule has 0 spiro atoms. The molecule has 0 bridgehead atoms. The fourth-order valence-corrected chi connectivity index (χ4v) is 1.56. The van der Waals surface area contributed by atoms with E-state index in [1.54, 1.807) is 12.1 Å². The maximum Gasteiger partial charge on any atom is 0.255 e. The van der Waals surface area contributed by atoms with Crippen molar-refractivity contribution < 1.29 is 9.13 Å². The third-order valence-corrected chi connectivity index (χ3v) is 2.27. The Balaban J connectivity index is 1.99. The highest BCUT2D eigenvalue weighted by Gasteiger charge is 2.16. The number of ether oxygens (including phenoxy) is 1. The zero-order valence-electron chi connectivity index (χ0n) is 7.87. The van der Waals surface area contributed by atoms with E-state index in [1.807, 2.05) is 0 Å². The summed E-state index contributed by atoms with van der Waals surface area (Å²) in [5.74, 6) is -0.278. The van der Waals surface area contributed by atoms with Gasteiger partial charge >= 0.3 is 0 Å². The Bertz CT molecular complexity index is 300. The van der Waals surface area contributed by atoms with Crippen LogP contribution in [0, 0.1) is 5.95 Å². The average molecular weight is 196 g/mol. The van der Waals surface area contributed by atoms with E-state index in [0.717, 1.165) is 25.9 Å². The van der Waals surface area contributed by atoms with Gasteiger partial charge in [-0.1, -0.05) is 0 Å². The molecule has 4 heteroatoms. The summed E-state index contributed by atoms with van der Waals surface area (Å²) in [6, 6.07) is 3.28. The van der Waals surface area contributed by atoms with E-state index >= 15 is 0 Å². The predicted molar refractivity (Wildman–Crippen MR) is 50.7 cm³/mol. The number of aromatic nitrogens is 1. The highest BCUT2D eigenvalue weighted by Crippen LogP contribution is 2.17. The van der Waals surface area contributed by atoms with E-state index in [4.69, 9.17) is 4.74 Å². The summed E-state index contributed by atoms with van der Waals surface area (Å²) in [7, 11) is 0. The van der Waals surface area contributed by atoms with Gasteiger partial charge in [-0.3, -0.25) is 0 Å². The van der Waals surface area contributed by atoms with E-state index < -0.39 is 5.95 Å². The summed E-state index contributed by atoms with van der Waals surface area (Å²) in [6.07, 6.45) is 3.54. The number of hydrogen-bond donors (Lipinski definition) is 1. The van der Waals surface area contributed by atoms with Crippen LogP contribution in [0.3, 0.4) is 0 Å². The van der Waals surface area contributed by atoms with Gasteiger partial charge < -0.3 is 10.1 Å². The fraction of sp³-hybridized carbons (Fsp3) is 0.500. The zero-order valence-corrected chi connectivity index (χ0v) is 7.87. The Morgan fingerprint density at radius 2 is 2.50 bits per heavy atom. The standard InChI is InChI=1S/C10H13FN2O/c11-10-9(4-2-6-13-10)14-8-3-1-5-12-7-8/h2,4,6,8,12H,1,3,5,7H2. The molecule has 1 aromatic heterocycles. The van der Waals surface area contributed by atoms with Crippen molar-refractivity contribution in [2.24, 2.45) is 0 Å². The second-order valence-corrected chi connectivity index (χ2v) is 3.38. The molecule has 0 amide bonds. The van der Waals surface area contributed by atoms with Crippen molar-refractivity contribution >= 4 is 0 Å². The van der Waals surface area contributed by atoms with Crippen LogP contribution >= 0.6 is 0 Å². The van der Waals surface area contributed by atoms with Gasteiger partial charge in [-0.15, -0.1) is 0 Å². The topological polar surface area (TPSA) is 34.1 Å². The van der Waals surface area contributed by atoms with E-state index in [1.165, 1.54) is 6.20 Å². The van der Waals surface area contributed by atoms with Crippen molar-refractivity contribution in [3.63, 3.8) is 0 Å². The molecule has 1 N–H and O–H groups in total. The van der Waals surface area contributed by atoms with Gasteiger partial charge in [0.25, 0.3) is 5.95 Å². The van der Waals surface area contributed by atoms with Crippen molar-refractivity contribution in [1.29, 1.82) is 0 Å². The van der Waals surface area contributed by atoms with Crippen molar-refractivity contribution in [3.05, 3.63) is 24.3 Å². The summed E-state index contributed by atoms with van der Waals surface area (Å²) < 4.78 is 18.6. The molecule has 1 aliphatic rings. The normalized spacial score (nSPS) is 21.9. The molecule has 1 fully saturated rings. The number of nitrogens with zero attached hydrogens (tertiary/aromatic N) is 1. The third kappa shape index (κ3) is 2.20. The molecule has 0 aromatic carbocycles. The maximum absolute atomic E-state index is 13.1. The zero-order chi connectivity index (χ0) is 9.80. The molecule has 2 rings (SSSR count). The van der Waals surface area contributed by atoms with Crippen LogP contribution in [0.2, 0.25) is 0 Å². The molecule has 3 nitrogen and oxygen atoms in total. The second kappa shape index (κ2) is 4.37. The molecule has 0 saturated carbocycles. The first-order valence-electron chi connectivity index (χ1n) is 4.84. The molecule has 1 atom stereocenters. The van der Waals surface area contributed by atoms with Gasteiger partial charge in [0.05, 0.1) is 0 Å². The Hall–Kier alpha value is -1.16. The molecule has 1 saturated heterocycles. The Morgan fingerprint density at radius 1 is 1.57 bits per heavy atom. The summed E-state index contributed by atoms with van der Waals surface area (Å²) in [5.41, 5.74) is 0. The fourth-order valence-electron chi connectivity index (χ4n) is 1.56. The summed E-state index contributed by atoms with van der Waals surface area (Å²) >= 11 is 0. The van der Waals surface area contributed by atoms with Gasteiger partial charge in [0, 0.05) is 12.7 Å². The van der Waals surface area contributed by atoms with E-state index in [-0.39, 0.29) is 11.9 Å². The van der Waals surface area contributed by atoms with Crippen molar-refractivity contribution in [2.45, 2.75) is 18.9 Å². The lowest BCUT2D eigenvalue weighted by Gasteiger charge is -2.23. The number of halogens is 1. The summed E-state index contributed by atoms with van der Waals surface area (Å²) in [5, 5.41) is 3.21. The average Bonchev–Trinajstić information content (AvgIpc) is 2.23. The Kier molecular flexibility index (Phi) is 2.93. The number of piperidine rings is 1. The van der Waals surface area contributed by atoms with Gasteiger partial charge in [-0.2, -0.15) is 4.39 Å². The first-order valence-corrected chi connectivity index (χ1v) is 4.84. The Morgan fingerprint density at radius 3 is 3.21 bits per heavy atom. The van der Waals surface area contributed by atoms with Crippen LogP contribution in [0.15, 0.2) is 18.3 Å². The Labute approximate surface area is 82.3 Å². The highest BCUT2D eigenvalue weighted by molar-refractivity contribution is 5.18. The lowest BCUT2D eigenvalue weighted by atomic mass is 10.1. The second-order valence-electron chi connectivity index (χ2n) is 3.38. The lowest BCUT2D eigenvalue weighted by Crippen LogP contribution is -2.37. The van der Waals surface area contributed by atoms with E-state index in [9.17, 15) is 4.39 Å². The van der Waals surface area contributed by atoms with Crippen molar-refractivity contribution in [3.8, 4) is 5.75 Å². The largest absolute Gasteiger partial charge is 0.484 e.